The molecule has 0 aromatic carbocycles. The molecule has 124 valence electrons. The van der Waals surface area contributed by atoms with Gasteiger partial charge >= 0.3 is 12.1 Å². The van der Waals surface area contributed by atoms with Gasteiger partial charge in [-0.25, -0.2) is 14.6 Å². The first kappa shape index (κ1) is 18.4. The van der Waals surface area contributed by atoms with Crippen molar-refractivity contribution in [2.75, 3.05) is 6.61 Å². The summed E-state index contributed by atoms with van der Waals surface area (Å²) in [4.78, 5) is 28.3. The molecule has 0 fully saturated rings. The molecular formula is C15H24N2O4S. The molecular weight excluding hydrogens is 304 g/mol. The third kappa shape index (κ3) is 5.63. The fourth-order valence-corrected chi connectivity index (χ4v) is 2.71. The van der Waals surface area contributed by atoms with Crippen molar-refractivity contribution in [3.05, 3.63) is 16.1 Å². The first-order valence-corrected chi connectivity index (χ1v) is 8.08. The summed E-state index contributed by atoms with van der Waals surface area (Å²) < 4.78 is 10.2. The highest BCUT2D eigenvalue weighted by atomic mass is 32.1. The summed E-state index contributed by atoms with van der Waals surface area (Å²) in [7, 11) is 0. The summed E-state index contributed by atoms with van der Waals surface area (Å²) in [6.45, 7) is 11.4. The van der Waals surface area contributed by atoms with Gasteiger partial charge in [0, 0.05) is 0 Å². The molecule has 0 bridgehead atoms. The number of amides is 1. The highest BCUT2D eigenvalue weighted by molar-refractivity contribution is 7.13. The summed E-state index contributed by atoms with van der Waals surface area (Å²) in [6, 6.07) is -0.317. The monoisotopic (exact) mass is 328 g/mol. The van der Waals surface area contributed by atoms with Gasteiger partial charge in [-0.05, 0) is 33.6 Å². The van der Waals surface area contributed by atoms with E-state index in [1.54, 1.807) is 27.7 Å². The molecule has 1 rings (SSSR count). The molecule has 0 saturated carbocycles. The van der Waals surface area contributed by atoms with Crippen LogP contribution < -0.4 is 5.32 Å². The molecule has 1 amide bonds. The number of hydrogen-bond donors (Lipinski definition) is 1. The van der Waals surface area contributed by atoms with Crippen molar-refractivity contribution in [2.45, 2.75) is 53.2 Å². The van der Waals surface area contributed by atoms with Crippen LogP contribution in [0, 0.1) is 5.92 Å². The van der Waals surface area contributed by atoms with Crippen LogP contribution in [0.15, 0.2) is 6.20 Å². The van der Waals surface area contributed by atoms with Crippen molar-refractivity contribution in [1.82, 2.24) is 10.3 Å². The van der Waals surface area contributed by atoms with Crippen LogP contribution in [0.4, 0.5) is 4.79 Å². The predicted molar refractivity (Wildman–Crippen MR) is 85.0 cm³/mol. The Morgan fingerprint density at radius 3 is 2.50 bits per heavy atom. The lowest BCUT2D eigenvalue weighted by Crippen LogP contribution is -2.36. The minimum Gasteiger partial charge on any atom is -0.462 e. The summed E-state index contributed by atoms with van der Waals surface area (Å²) >= 11 is 1.22. The Balaban J connectivity index is 2.84. The van der Waals surface area contributed by atoms with Crippen LogP contribution in [0.1, 0.15) is 62.3 Å². The maximum atomic E-state index is 11.9. The number of ether oxygens (including phenoxy) is 2. The van der Waals surface area contributed by atoms with E-state index in [9.17, 15) is 9.59 Å². The molecule has 0 spiro atoms. The summed E-state index contributed by atoms with van der Waals surface area (Å²) in [5.41, 5.74) is -0.565. The molecule has 0 aliphatic rings. The van der Waals surface area contributed by atoms with Crippen molar-refractivity contribution in [1.29, 1.82) is 0 Å². The molecule has 1 heterocycles. The molecule has 7 heteroatoms. The Hall–Kier alpha value is -1.63. The third-order valence-corrected chi connectivity index (χ3v) is 3.67. The van der Waals surface area contributed by atoms with E-state index in [2.05, 4.69) is 10.3 Å². The lowest BCUT2D eigenvalue weighted by Gasteiger charge is -2.24. The summed E-state index contributed by atoms with van der Waals surface area (Å²) in [6.07, 6.45) is 0.975. The predicted octanol–water partition coefficient (Wildman–Crippen LogP) is 3.54. The van der Waals surface area contributed by atoms with Crippen molar-refractivity contribution in [3.8, 4) is 0 Å². The van der Waals surface area contributed by atoms with E-state index in [1.165, 1.54) is 17.5 Å². The van der Waals surface area contributed by atoms with Gasteiger partial charge in [-0.1, -0.05) is 13.8 Å². The van der Waals surface area contributed by atoms with Crippen LogP contribution in [-0.4, -0.2) is 29.3 Å². The molecule has 0 saturated heterocycles. The van der Waals surface area contributed by atoms with Crippen LogP contribution >= 0.6 is 11.3 Å². The number of esters is 1. The zero-order valence-electron chi connectivity index (χ0n) is 13.9. The zero-order valence-corrected chi connectivity index (χ0v) is 14.7. The number of aromatic nitrogens is 1. The van der Waals surface area contributed by atoms with Gasteiger partial charge in [0.2, 0.25) is 0 Å². The van der Waals surface area contributed by atoms with Crippen molar-refractivity contribution in [3.63, 3.8) is 0 Å². The van der Waals surface area contributed by atoms with Crippen molar-refractivity contribution < 1.29 is 19.1 Å². The van der Waals surface area contributed by atoms with Gasteiger partial charge in [-0.15, -0.1) is 11.3 Å². The van der Waals surface area contributed by atoms with Gasteiger partial charge in [0.15, 0.2) is 0 Å². The van der Waals surface area contributed by atoms with E-state index in [-0.39, 0.29) is 12.0 Å². The normalized spacial score (nSPS) is 12.9. The molecule has 0 radical (unpaired) electrons. The molecule has 0 aliphatic heterocycles. The average Bonchev–Trinajstić information content (AvgIpc) is 2.83. The Labute approximate surface area is 135 Å². The largest absolute Gasteiger partial charge is 0.462 e. The second kappa shape index (κ2) is 7.58. The molecule has 1 aromatic rings. The summed E-state index contributed by atoms with van der Waals surface area (Å²) in [5.74, 6) is -0.292. The number of hydrogen-bond acceptors (Lipinski definition) is 6. The Kier molecular flexibility index (Phi) is 6.34. The lowest BCUT2D eigenvalue weighted by atomic mass is 10.1. The smallest absolute Gasteiger partial charge is 0.408 e. The lowest BCUT2D eigenvalue weighted by molar-refractivity contribution is 0.0487. The van der Waals surface area contributed by atoms with Crippen LogP contribution in [0.5, 0.6) is 0 Å². The fraction of sp³-hybridized carbons (Fsp3) is 0.667. The van der Waals surface area contributed by atoms with Gasteiger partial charge in [0.05, 0.1) is 18.8 Å². The van der Waals surface area contributed by atoms with E-state index in [1.807, 2.05) is 13.8 Å². The number of nitrogens with one attached hydrogen (secondary N) is 1. The zero-order chi connectivity index (χ0) is 16.9. The van der Waals surface area contributed by atoms with Crippen LogP contribution in [0.3, 0.4) is 0 Å². The van der Waals surface area contributed by atoms with E-state index >= 15 is 0 Å². The number of carbonyl (C=O) groups excluding carboxylic acids is 2. The topological polar surface area (TPSA) is 77.5 Å². The van der Waals surface area contributed by atoms with Gasteiger partial charge in [-0.2, -0.15) is 0 Å². The Bertz CT molecular complexity index is 520. The van der Waals surface area contributed by atoms with Gasteiger partial charge < -0.3 is 14.8 Å². The molecule has 1 aromatic heterocycles. The number of nitrogens with zero attached hydrogens (tertiary/aromatic N) is 1. The Morgan fingerprint density at radius 1 is 1.36 bits per heavy atom. The fourth-order valence-electron chi connectivity index (χ4n) is 1.68. The number of rotatable bonds is 5. The minimum atomic E-state index is -0.565. The van der Waals surface area contributed by atoms with Crippen molar-refractivity contribution >= 4 is 23.4 Å². The van der Waals surface area contributed by atoms with Crippen LogP contribution in [-0.2, 0) is 9.47 Å². The molecule has 22 heavy (non-hydrogen) atoms. The van der Waals surface area contributed by atoms with Crippen LogP contribution in [0.25, 0.3) is 0 Å². The average molecular weight is 328 g/mol. The van der Waals surface area contributed by atoms with E-state index in [4.69, 9.17) is 9.47 Å². The maximum absolute atomic E-state index is 11.9. The second-order valence-electron chi connectivity index (χ2n) is 6.15. The van der Waals surface area contributed by atoms with Crippen molar-refractivity contribution in [2.24, 2.45) is 5.92 Å². The number of thiazole rings is 1. The molecule has 1 N–H and O–H groups in total. The van der Waals surface area contributed by atoms with E-state index in [0.717, 1.165) is 0 Å². The maximum Gasteiger partial charge on any atom is 0.408 e. The highest BCUT2D eigenvalue weighted by Gasteiger charge is 2.26. The van der Waals surface area contributed by atoms with E-state index in [0.29, 0.717) is 16.5 Å². The van der Waals surface area contributed by atoms with Gasteiger partial charge in [0.1, 0.15) is 15.5 Å². The molecule has 0 aliphatic carbocycles. The first-order valence-electron chi connectivity index (χ1n) is 7.26. The van der Waals surface area contributed by atoms with E-state index < -0.39 is 17.7 Å². The third-order valence-electron chi connectivity index (χ3n) is 2.61. The minimum absolute atomic E-state index is 0.105. The van der Waals surface area contributed by atoms with Gasteiger partial charge in [-0.3, -0.25) is 0 Å². The summed E-state index contributed by atoms with van der Waals surface area (Å²) in [5, 5.41) is 3.46. The highest BCUT2D eigenvalue weighted by Crippen LogP contribution is 2.27. The number of alkyl carbamates (subject to hydrolysis) is 1. The first-order chi connectivity index (χ1) is 10.1. The second-order valence-corrected chi connectivity index (χ2v) is 7.21. The quantitative estimate of drug-likeness (QED) is 0.837. The molecule has 1 unspecified atom stereocenters. The SMILES string of the molecule is CCOC(=O)c1cnc(C(NC(=O)OC(C)(C)C)C(C)C)s1. The van der Waals surface area contributed by atoms with Gasteiger partial charge in [0.25, 0.3) is 0 Å². The van der Waals surface area contributed by atoms with Crippen LogP contribution in [0.2, 0.25) is 0 Å². The number of carbonyl (C=O) groups is 2. The molecule has 6 nitrogen and oxygen atoms in total. The standard InChI is InChI=1S/C15H24N2O4S/c1-7-20-13(18)10-8-16-12(22-10)11(9(2)3)17-14(19)21-15(4,5)6/h8-9,11H,7H2,1-6H3,(H,17,19). The Morgan fingerprint density at radius 2 is 2.00 bits per heavy atom. The molecule has 1 atom stereocenters.